The predicted molar refractivity (Wildman–Crippen MR) is 104 cm³/mol. The number of aromatic nitrogens is 3. The molecule has 0 spiro atoms. The van der Waals surface area contributed by atoms with E-state index in [1.54, 1.807) is 24.3 Å². The number of hydrogen-bond acceptors (Lipinski definition) is 2. The molecule has 0 fully saturated rings. The van der Waals surface area contributed by atoms with E-state index >= 15 is 0 Å². The van der Waals surface area contributed by atoms with Gasteiger partial charge in [-0.05, 0) is 29.7 Å². The molecule has 0 amide bonds. The standard InChI is InChI=1S/C19H17F2N3O.C2H6/c20-18(21)19-22-15-6-2-4-8-17(15)24(19)12-14(25)11-23-10-9-13-5-1-3-7-16(13)23;1-2/h1-10,14,18,25H,11-12H2;1-2H3. The highest BCUT2D eigenvalue weighted by molar-refractivity contribution is 5.80. The van der Waals surface area contributed by atoms with Crippen LogP contribution in [0, 0.1) is 0 Å². The van der Waals surface area contributed by atoms with Crippen LogP contribution in [-0.2, 0) is 13.1 Å². The number of benzene rings is 2. The highest BCUT2D eigenvalue weighted by atomic mass is 19.3. The van der Waals surface area contributed by atoms with Gasteiger partial charge in [-0.15, -0.1) is 0 Å². The van der Waals surface area contributed by atoms with Crippen LogP contribution in [0.3, 0.4) is 0 Å². The maximum Gasteiger partial charge on any atom is 0.295 e. The Morgan fingerprint density at radius 3 is 2.33 bits per heavy atom. The lowest BCUT2D eigenvalue weighted by Crippen LogP contribution is -2.23. The number of para-hydroxylation sites is 3. The first kappa shape index (κ1) is 19.0. The van der Waals surface area contributed by atoms with Gasteiger partial charge in [-0.1, -0.05) is 44.2 Å². The number of aliphatic hydroxyl groups is 1. The van der Waals surface area contributed by atoms with Crippen molar-refractivity contribution in [3.05, 3.63) is 66.6 Å². The van der Waals surface area contributed by atoms with Gasteiger partial charge >= 0.3 is 0 Å². The topological polar surface area (TPSA) is 43.0 Å². The molecule has 2 aromatic carbocycles. The Labute approximate surface area is 156 Å². The van der Waals surface area contributed by atoms with Gasteiger partial charge in [0.1, 0.15) is 0 Å². The molecule has 4 nitrogen and oxygen atoms in total. The van der Waals surface area contributed by atoms with Crippen molar-refractivity contribution in [2.45, 2.75) is 39.5 Å². The van der Waals surface area contributed by atoms with E-state index in [1.807, 2.05) is 54.9 Å². The molecule has 142 valence electrons. The van der Waals surface area contributed by atoms with E-state index in [4.69, 9.17) is 0 Å². The van der Waals surface area contributed by atoms with Gasteiger partial charge in [0.15, 0.2) is 5.82 Å². The van der Waals surface area contributed by atoms with Crippen LogP contribution in [-0.4, -0.2) is 25.3 Å². The maximum absolute atomic E-state index is 13.3. The van der Waals surface area contributed by atoms with Crippen molar-refractivity contribution >= 4 is 21.9 Å². The molecule has 0 aliphatic rings. The van der Waals surface area contributed by atoms with Crippen LogP contribution in [0.4, 0.5) is 8.78 Å². The zero-order chi connectivity index (χ0) is 19.4. The van der Waals surface area contributed by atoms with E-state index in [9.17, 15) is 13.9 Å². The number of rotatable bonds is 5. The second kappa shape index (κ2) is 8.31. The van der Waals surface area contributed by atoms with Gasteiger partial charge in [0, 0.05) is 11.7 Å². The number of imidazole rings is 1. The van der Waals surface area contributed by atoms with Crippen molar-refractivity contribution in [3.8, 4) is 0 Å². The second-order valence-corrected chi connectivity index (χ2v) is 6.05. The Kier molecular flexibility index (Phi) is 5.86. The van der Waals surface area contributed by atoms with Crippen molar-refractivity contribution in [2.24, 2.45) is 0 Å². The molecule has 0 aliphatic heterocycles. The molecule has 0 radical (unpaired) electrons. The molecule has 0 bridgehead atoms. The third kappa shape index (κ3) is 3.85. The number of alkyl halides is 2. The first-order valence-electron chi connectivity index (χ1n) is 9.09. The van der Waals surface area contributed by atoms with Crippen LogP contribution in [0.5, 0.6) is 0 Å². The molecular formula is C21H23F2N3O. The molecule has 1 N–H and O–H groups in total. The molecule has 4 rings (SSSR count). The van der Waals surface area contributed by atoms with Crippen LogP contribution >= 0.6 is 0 Å². The van der Waals surface area contributed by atoms with Gasteiger partial charge in [-0.25, -0.2) is 13.8 Å². The highest BCUT2D eigenvalue weighted by Crippen LogP contribution is 2.25. The normalized spacial score (nSPS) is 12.4. The van der Waals surface area contributed by atoms with Crippen LogP contribution in [0.15, 0.2) is 60.8 Å². The average molecular weight is 371 g/mol. The molecule has 1 atom stereocenters. The van der Waals surface area contributed by atoms with Crippen LogP contribution in [0.2, 0.25) is 0 Å². The fraction of sp³-hybridized carbons (Fsp3) is 0.286. The minimum Gasteiger partial charge on any atom is -0.389 e. The number of halogens is 2. The Morgan fingerprint density at radius 1 is 0.926 bits per heavy atom. The van der Waals surface area contributed by atoms with Crippen molar-refractivity contribution < 1.29 is 13.9 Å². The van der Waals surface area contributed by atoms with Crippen molar-refractivity contribution in [2.75, 3.05) is 0 Å². The summed E-state index contributed by atoms with van der Waals surface area (Å²) in [6.45, 7) is 4.38. The molecule has 6 heteroatoms. The van der Waals surface area contributed by atoms with Gasteiger partial charge in [-0.2, -0.15) is 0 Å². The highest BCUT2D eigenvalue weighted by Gasteiger charge is 2.20. The van der Waals surface area contributed by atoms with Gasteiger partial charge in [0.05, 0.1) is 30.2 Å². The molecule has 2 heterocycles. The predicted octanol–water partition coefficient (Wildman–Crippen LogP) is 5.02. The summed E-state index contributed by atoms with van der Waals surface area (Å²) >= 11 is 0. The summed E-state index contributed by atoms with van der Waals surface area (Å²) in [7, 11) is 0. The van der Waals surface area contributed by atoms with Gasteiger partial charge < -0.3 is 14.2 Å². The van der Waals surface area contributed by atoms with E-state index in [-0.39, 0.29) is 12.4 Å². The molecular weight excluding hydrogens is 348 g/mol. The summed E-state index contributed by atoms with van der Waals surface area (Å²) in [6.07, 6.45) is -1.61. The molecule has 1 unspecified atom stereocenters. The Balaban J connectivity index is 0.00000102. The molecule has 0 saturated heterocycles. The zero-order valence-electron chi connectivity index (χ0n) is 15.4. The number of aliphatic hydroxyl groups excluding tert-OH is 1. The number of nitrogens with zero attached hydrogens (tertiary/aromatic N) is 3. The van der Waals surface area contributed by atoms with Crippen LogP contribution in [0.1, 0.15) is 26.1 Å². The lowest BCUT2D eigenvalue weighted by Gasteiger charge is -2.16. The quantitative estimate of drug-likeness (QED) is 0.535. The number of fused-ring (bicyclic) bond motifs is 2. The SMILES string of the molecule is CC.OC(Cn1ccc2ccccc21)Cn1c(C(F)F)nc2ccccc21. The van der Waals surface area contributed by atoms with E-state index in [0.717, 1.165) is 10.9 Å². The van der Waals surface area contributed by atoms with Crippen molar-refractivity contribution in [1.29, 1.82) is 0 Å². The van der Waals surface area contributed by atoms with Gasteiger partial charge in [-0.3, -0.25) is 0 Å². The molecule has 4 aromatic rings. The van der Waals surface area contributed by atoms with Crippen molar-refractivity contribution in [3.63, 3.8) is 0 Å². The summed E-state index contributed by atoms with van der Waals surface area (Å²) in [6, 6.07) is 16.8. The average Bonchev–Trinajstić information content (AvgIpc) is 3.26. The Bertz CT molecular complexity index is 1020. The summed E-state index contributed by atoms with van der Waals surface area (Å²) in [5.41, 5.74) is 2.12. The summed E-state index contributed by atoms with van der Waals surface area (Å²) in [4.78, 5) is 4.01. The fourth-order valence-electron chi connectivity index (χ4n) is 3.25. The summed E-state index contributed by atoms with van der Waals surface area (Å²) < 4.78 is 30.0. The second-order valence-electron chi connectivity index (χ2n) is 6.05. The minimum absolute atomic E-state index is 0.0622. The monoisotopic (exact) mass is 371 g/mol. The third-order valence-electron chi connectivity index (χ3n) is 4.36. The fourth-order valence-corrected chi connectivity index (χ4v) is 3.25. The molecule has 27 heavy (non-hydrogen) atoms. The molecule has 0 aliphatic carbocycles. The first-order chi connectivity index (χ1) is 13.1. The third-order valence-corrected chi connectivity index (χ3v) is 4.36. The Hall–Kier alpha value is -2.73. The van der Waals surface area contributed by atoms with Crippen LogP contribution < -0.4 is 0 Å². The molecule has 0 saturated carbocycles. The minimum atomic E-state index is -2.69. The lowest BCUT2D eigenvalue weighted by atomic mass is 10.2. The Morgan fingerprint density at radius 2 is 1.59 bits per heavy atom. The number of hydrogen-bond donors (Lipinski definition) is 1. The van der Waals surface area contributed by atoms with Crippen molar-refractivity contribution in [1.82, 2.24) is 14.1 Å². The molecule has 2 aromatic heterocycles. The smallest absolute Gasteiger partial charge is 0.295 e. The summed E-state index contributed by atoms with van der Waals surface area (Å²) in [5, 5.41) is 11.6. The largest absolute Gasteiger partial charge is 0.389 e. The van der Waals surface area contributed by atoms with E-state index < -0.39 is 12.5 Å². The van der Waals surface area contributed by atoms with E-state index in [1.165, 1.54) is 4.57 Å². The zero-order valence-corrected chi connectivity index (χ0v) is 15.4. The van der Waals surface area contributed by atoms with Gasteiger partial charge in [0.2, 0.25) is 0 Å². The lowest BCUT2D eigenvalue weighted by molar-refractivity contribution is 0.114. The summed E-state index contributed by atoms with van der Waals surface area (Å²) in [5.74, 6) is -0.308. The van der Waals surface area contributed by atoms with E-state index in [0.29, 0.717) is 17.6 Å². The van der Waals surface area contributed by atoms with E-state index in [2.05, 4.69) is 4.98 Å². The van der Waals surface area contributed by atoms with Crippen LogP contribution in [0.25, 0.3) is 21.9 Å². The first-order valence-corrected chi connectivity index (χ1v) is 9.09. The maximum atomic E-state index is 13.3. The van der Waals surface area contributed by atoms with Gasteiger partial charge in [0.25, 0.3) is 6.43 Å².